The second kappa shape index (κ2) is 8.64. The number of hydrogen-bond acceptors (Lipinski definition) is 3. The largest absolute Gasteiger partial charge is 0.441 e. The highest BCUT2D eigenvalue weighted by molar-refractivity contribution is 7.97. The van der Waals surface area contributed by atoms with Crippen LogP contribution in [0.15, 0.2) is 43.0 Å². The Morgan fingerprint density at radius 2 is 2.22 bits per heavy atom. The average molecular weight is 265 g/mol. The van der Waals surface area contributed by atoms with Crippen LogP contribution in [-0.4, -0.2) is 11.8 Å². The monoisotopic (exact) mass is 265 g/mol. The molecule has 0 radical (unpaired) electrons. The Hall–Kier alpha value is -1.42. The number of carbonyl (C=O) groups is 1. The standard InChI is InChI=1S/C14H19NO2S/c1-3-4-8-11-18-15-14(16)17-12(2)13-9-6-5-7-10-13/h3,5-7,9-10,12H,1,4,8,11H2,2H3,(H,15,16)/t12-/m0/s1. The smallest absolute Gasteiger partial charge is 0.417 e. The molecule has 0 aliphatic heterocycles. The molecule has 1 aromatic rings. The van der Waals surface area contributed by atoms with Gasteiger partial charge in [0.15, 0.2) is 0 Å². The maximum atomic E-state index is 11.5. The lowest BCUT2D eigenvalue weighted by atomic mass is 10.1. The molecule has 1 N–H and O–H groups in total. The number of hydrogen-bond donors (Lipinski definition) is 1. The van der Waals surface area contributed by atoms with Crippen molar-refractivity contribution in [1.29, 1.82) is 0 Å². The number of benzene rings is 1. The van der Waals surface area contributed by atoms with E-state index in [1.807, 2.05) is 43.3 Å². The minimum absolute atomic E-state index is 0.236. The van der Waals surface area contributed by atoms with Crippen LogP contribution in [0.1, 0.15) is 31.4 Å². The first kappa shape index (κ1) is 14.6. The molecule has 0 fully saturated rings. The molecule has 1 amide bonds. The molecule has 1 atom stereocenters. The minimum atomic E-state index is -0.394. The van der Waals surface area contributed by atoms with Gasteiger partial charge in [0.25, 0.3) is 0 Å². The Kier molecular flexibility index (Phi) is 7.03. The van der Waals surface area contributed by atoms with Crippen LogP contribution in [0.4, 0.5) is 4.79 Å². The van der Waals surface area contributed by atoms with E-state index in [0.29, 0.717) is 0 Å². The van der Waals surface area contributed by atoms with Crippen LogP contribution in [0.2, 0.25) is 0 Å². The molecule has 0 saturated carbocycles. The van der Waals surface area contributed by atoms with E-state index in [-0.39, 0.29) is 6.10 Å². The highest BCUT2D eigenvalue weighted by Crippen LogP contribution is 2.16. The Morgan fingerprint density at radius 3 is 2.89 bits per heavy atom. The molecule has 98 valence electrons. The lowest BCUT2D eigenvalue weighted by Gasteiger charge is -2.13. The lowest BCUT2D eigenvalue weighted by Crippen LogP contribution is -2.19. The molecule has 0 unspecified atom stereocenters. The van der Waals surface area contributed by atoms with E-state index in [1.165, 1.54) is 11.9 Å². The quantitative estimate of drug-likeness (QED) is 0.458. The predicted molar refractivity (Wildman–Crippen MR) is 76.4 cm³/mol. The van der Waals surface area contributed by atoms with E-state index < -0.39 is 6.09 Å². The van der Waals surface area contributed by atoms with Crippen LogP contribution in [0.3, 0.4) is 0 Å². The van der Waals surface area contributed by atoms with Crippen LogP contribution < -0.4 is 4.72 Å². The fraction of sp³-hybridized carbons (Fsp3) is 0.357. The zero-order chi connectivity index (χ0) is 13.2. The van der Waals surface area contributed by atoms with Crippen molar-refractivity contribution in [3.05, 3.63) is 48.6 Å². The Balaban J connectivity index is 2.21. The van der Waals surface area contributed by atoms with Crippen molar-refractivity contribution in [1.82, 2.24) is 4.72 Å². The fourth-order valence-electron chi connectivity index (χ4n) is 1.39. The maximum Gasteiger partial charge on any atom is 0.417 e. The summed E-state index contributed by atoms with van der Waals surface area (Å²) in [5, 5.41) is 0. The third-order valence-electron chi connectivity index (χ3n) is 2.36. The van der Waals surface area contributed by atoms with Gasteiger partial charge in [-0.15, -0.1) is 6.58 Å². The van der Waals surface area contributed by atoms with Crippen LogP contribution in [0, 0.1) is 0 Å². The zero-order valence-electron chi connectivity index (χ0n) is 10.6. The molecule has 4 heteroatoms. The lowest BCUT2D eigenvalue weighted by molar-refractivity contribution is 0.113. The number of allylic oxidation sites excluding steroid dienone is 1. The summed E-state index contributed by atoms with van der Waals surface area (Å²) in [6.07, 6.45) is 3.21. The molecular weight excluding hydrogens is 246 g/mol. The van der Waals surface area contributed by atoms with Crippen LogP contribution in [0.25, 0.3) is 0 Å². The van der Waals surface area contributed by atoms with Gasteiger partial charge in [0.05, 0.1) is 0 Å². The maximum absolute atomic E-state index is 11.5. The van der Waals surface area contributed by atoms with Gasteiger partial charge in [0.1, 0.15) is 6.10 Å². The summed E-state index contributed by atoms with van der Waals surface area (Å²) in [7, 11) is 0. The minimum Gasteiger partial charge on any atom is -0.441 e. The summed E-state index contributed by atoms with van der Waals surface area (Å²) in [6.45, 7) is 5.50. The molecule has 0 heterocycles. The normalized spacial score (nSPS) is 11.6. The molecule has 0 saturated heterocycles. The highest BCUT2D eigenvalue weighted by Gasteiger charge is 2.10. The fourth-order valence-corrected chi connectivity index (χ4v) is 1.97. The molecule has 0 bridgehead atoms. The van der Waals surface area contributed by atoms with Gasteiger partial charge in [-0.1, -0.05) is 36.4 Å². The van der Waals surface area contributed by atoms with Gasteiger partial charge in [-0.2, -0.15) is 0 Å². The van der Waals surface area contributed by atoms with Crippen LogP contribution in [-0.2, 0) is 4.74 Å². The number of nitrogens with one attached hydrogen (secondary N) is 1. The number of carbonyl (C=O) groups excluding carboxylic acids is 1. The van der Waals surface area contributed by atoms with Gasteiger partial charge in [-0.05, 0) is 37.3 Å². The second-order valence-electron chi connectivity index (χ2n) is 3.84. The molecule has 0 spiro atoms. The van der Waals surface area contributed by atoms with Crippen molar-refractivity contribution in [2.75, 3.05) is 5.75 Å². The molecule has 0 aliphatic rings. The molecule has 0 aromatic heterocycles. The van der Waals surface area contributed by atoms with E-state index >= 15 is 0 Å². The second-order valence-corrected chi connectivity index (χ2v) is 4.74. The molecule has 18 heavy (non-hydrogen) atoms. The number of ether oxygens (including phenoxy) is 1. The summed E-state index contributed by atoms with van der Waals surface area (Å²) in [6, 6.07) is 9.67. The molecule has 0 aliphatic carbocycles. The summed E-state index contributed by atoms with van der Waals surface area (Å²) in [5.74, 6) is 0.862. The average Bonchev–Trinajstić information content (AvgIpc) is 2.39. The van der Waals surface area contributed by atoms with Crippen molar-refractivity contribution in [3.8, 4) is 0 Å². The van der Waals surface area contributed by atoms with Gasteiger partial charge in [0, 0.05) is 5.75 Å². The van der Waals surface area contributed by atoms with Crippen molar-refractivity contribution in [3.63, 3.8) is 0 Å². The van der Waals surface area contributed by atoms with Crippen LogP contribution in [0.5, 0.6) is 0 Å². The molecular formula is C14H19NO2S. The van der Waals surface area contributed by atoms with Crippen LogP contribution >= 0.6 is 11.9 Å². The first-order chi connectivity index (χ1) is 8.74. The first-order valence-electron chi connectivity index (χ1n) is 5.98. The topological polar surface area (TPSA) is 38.3 Å². The summed E-state index contributed by atoms with van der Waals surface area (Å²) in [5.41, 5.74) is 0.990. The Morgan fingerprint density at radius 1 is 1.50 bits per heavy atom. The van der Waals surface area contributed by atoms with Gasteiger partial charge in [0.2, 0.25) is 0 Å². The van der Waals surface area contributed by atoms with E-state index in [1.54, 1.807) is 0 Å². The number of unbranched alkanes of at least 4 members (excludes halogenated alkanes) is 1. The molecule has 1 aromatic carbocycles. The summed E-state index contributed by atoms with van der Waals surface area (Å²) >= 11 is 1.37. The third-order valence-corrected chi connectivity index (χ3v) is 3.17. The summed E-state index contributed by atoms with van der Waals surface area (Å²) < 4.78 is 7.92. The number of amides is 1. The zero-order valence-corrected chi connectivity index (χ0v) is 11.4. The van der Waals surface area contributed by atoms with E-state index in [0.717, 1.165) is 24.2 Å². The summed E-state index contributed by atoms with van der Waals surface area (Å²) in [4.78, 5) is 11.5. The SMILES string of the molecule is C=CCCCSNC(=O)O[C@@H](C)c1ccccc1. The van der Waals surface area contributed by atoms with Crippen molar-refractivity contribution in [2.24, 2.45) is 0 Å². The molecule has 3 nitrogen and oxygen atoms in total. The first-order valence-corrected chi connectivity index (χ1v) is 6.97. The van der Waals surface area contributed by atoms with Gasteiger partial charge < -0.3 is 4.74 Å². The predicted octanol–water partition coefficient (Wildman–Crippen LogP) is 4.09. The Labute approximate surface area is 113 Å². The third kappa shape index (κ3) is 5.77. The highest BCUT2D eigenvalue weighted by atomic mass is 32.2. The number of rotatable bonds is 7. The van der Waals surface area contributed by atoms with Crippen molar-refractivity contribution < 1.29 is 9.53 Å². The van der Waals surface area contributed by atoms with Crippen molar-refractivity contribution in [2.45, 2.75) is 25.9 Å². The van der Waals surface area contributed by atoms with Crippen molar-refractivity contribution >= 4 is 18.0 Å². The van der Waals surface area contributed by atoms with E-state index in [2.05, 4.69) is 11.3 Å². The van der Waals surface area contributed by atoms with E-state index in [4.69, 9.17) is 4.74 Å². The van der Waals surface area contributed by atoms with Gasteiger partial charge >= 0.3 is 6.09 Å². The van der Waals surface area contributed by atoms with Gasteiger partial charge in [-0.25, -0.2) is 4.79 Å². The van der Waals surface area contributed by atoms with E-state index in [9.17, 15) is 4.79 Å². The Bertz CT molecular complexity index is 367. The van der Waals surface area contributed by atoms with Gasteiger partial charge in [-0.3, -0.25) is 4.72 Å². The molecule has 1 rings (SSSR count).